The van der Waals surface area contributed by atoms with E-state index in [9.17, 15) is 14.0 Å². The number of fused-ring (bicyclic) bond motifs is 1. The minimum atomic E-state index is -0.240. The lowest BCUT2D eigenvalue weighted by Crippen LogP contribution is -2.37. The lowest BCUT2D eigenvalue weighted by molar-refractivity contribution is -0.133. The third-order valence-electron chi connectivity index (χ3n) is 6.87. The van der Waals surface area contributed by atoms with Gasteiger partial charge in [0.05, 0.1) is 19.1 Å². The molecule has 1 aromatic rings. The highest BCUT2D eigenvalue weighted by atomic mass is 19.1. The van der Waals surface area contributed by atoms with Gasteiger partial charge in [0.1, 0.15) is 5.82 Å². The fourth-order valence-electron chi connectivity index (χ4n) is 5.51. The number of halogens is 1. The molecule has 3 aliphatic rings. The third kappa shape index (κ3) is 5.26. The Morgan fingerprint density at radius 2 is 1.87 bits per heavy atom. The maximum Gasteiger partial charge on any atom is 0.225 e. The lowest BCUT2D eigenvalue weighted by Gasteiger charge is -2.25. The summed E-state index contributed by atoms with van der Waals surface area (Å²) in [6.07, 6.45) is 2.85. The van der Waals surface area contributed by atoms with Crippen molar-refractivity contribution in [3.63, 3.8) is 0 Å². The largest absolute Gasteiger partial charge is 0.376 e. The third-order valence-corrected chi connectivity index (χ3v) is 6.87. The van der Waals surface area contributed by atoms with Crippen molar-refractivity contribution in [2.45, 2.75) is 64.3 Å². The summed E-state index contributed by atoms with van der Waals surface area (Å²) in [4.78, 5) is 29.6. The molecular formula is C24H34FN3O3. The van der Waals surface area contributed by atoms with Crippen LogP contribution in [-0.2, 0) is 20.9 Å². The highest BCUT2D eigenvalue weighted by Gasteiger charge is 2.51. The molecule has 3 heterocycles. The average Bonchev–Trinajstić information content (AvgIpc) is 3.43. The molecule has 31 heavy (non-hydrogen) atoms. The van der Waals surface area contributed by atoms with Crippen molar-refractivity contribution in [2.24, 2.45) is 11.8 Å². The Balaban J connectivity index is 1.47. The SMILES string of the molecule is CC(C)NC(=O)C[C@@H]1CN(Cc2ccc(F)cc2)[C@@H]2CO[C@@H](CC(=O)N3CCCC3)[C@H]12. The van der Waals surface area contributed by atoms with Crippen molar-refractivity contribution in [2.75, 3.05) is 26.2 Å². The van der Waals surface area contributed by atoms with Crippen molar-refractivity contribution in [3.8, 4) is 0 Å². The Morgan fingerprint density at radius 1 is 1.16 bits per heavy atom. The number of hydrogen-bond donors (Lipinski definition) is 1. The normalized spacial score (nSPS) is 28.3. The number of nitrogens with zero attached hydrogens (tertiary/aromatic N) is 2. The van der Waals surface area contributed by atoms with Gasteiger partial charge in [0.15, 0.2) is 0 Å². The fourth-order valence-corrected chi connectivity index (χ4v) is 5.51. The Hall–Kier alpha value is -1.99. The Morgan fingerprint density at radius 3 is 2.55 bits per heavy atom. The average molecular weight is 432 g/mol. The van der Waals surface area contributed by atoms with Crippen LogP contribution in [0, 0.1) is 17.7 Å². The van der Waals surface area contributed by atoms with Gasteiger partial charge in [-0.25, -0.2) is 4.39 Å². The molecule has 4 rings (SSSR count). The predicted octanol–water partition coefficient (Wildman–Crippen LogP) is 2.57. The Labute approximate surface area is 184 Å². The van der Waals surface area contributed by atoms with E-state index in [2.05, 4.69) is 10.2 Å². The molecule has 0 bridgehead atoms. The summed E-state index contributed by atoms with van der Waals surface area (Å²) in [5.74, 6) is 0.286. The highest BCUT2D eigenvalue weighted by molar-refractivity contribution is 5.77. The van der Waals surface area contributed by atoms with Crippen LogP contribution in [0.5, 0.6) is 0 Å². The van der Waals surface area contributed by atoms with Crippen molar-refractivity contribution >= 4 is 11.8 Å². The zero-order valence-electron chi connectivity index (χ0n) is 18.6. The van der Waals surface area contributed by atoms with Crippen molar-refractivity contribution in [1.82, 2.24) is 15.1 Å². The summed E-state index contributed by atoms with van der Waals surface area (Å²) in [7, 11) is 0. The van der Waals surface area contributed by atoms with E-state index < -0.39 is 0 Å². The second-order valence-corrected chi connectivity index (χ2v) is 9.55. The first kappa shape index (κ1) is 22.2. The van der Waals surface area contributed by atoms with Gasteiger partial charge in [0.2, 0.25) is 11.8 Å². The van der Waals surface area contributed by atoms with E-state index in [4.69, 9.17) is 4.74 Å². The van der Waals surface area contributed by atoms with Crippen LogP contribution in [0.4, 0.5) is 4.39 Å². The van der Waals surface area contributed by atoms with Crippen LogP contribution in [0.1, 0.15) is 45.1 Å². The van der Waals surface area contributed by atoms with Gasteiger partial charge in [-0.05, 0) is 50.3 Å². The molecule has 0 spiro atoms. The number of hydrogen-bond acceptors (Lipinski definition) is 4. The van der Waals surface area contributed by atoms with E-state index in [1.165, 1.54) is 12.1 Å². The predicted molar refractivity (Wildman–Crippen MR) is 116 cm³/mol. The van der Waals surface area contributed by atoms with Crippen LogP contribution in [0.3, 0.4) is 0 Å². The Kier molecular flexibility index (Phi) is 6.92. The van der Waals surface area contributed by atoms with Gasteiger partial charge in [-0.3, -0.25) is 14.5 Å². The molecule has 2 amide bonds. The van der Waals surface area contributed by atoms with Crippen molar-refractivity contribution in [3.05, 3.63) is 35.6 Å². The van der Waals surface area contributed by atoms with Crippen LogP contribution < -0.4 is 5.32 Å². The van der Waals surface area contributed by atoms with Crippen molar-refractivity contribution < 1.29 is 18.7 Å². The molecule has 0 radical (unpaired) electrons. The topological polar surface area (TPSA) is 61.9 Å². The van der Waals surface area contributed by atoms with E-state index in [0.717, 1.165) is 38.0 Å². The van der Waals surface area contributed by atoms with E-state index in [0.29, 0.717) is 26.0 Å². The monoisotopic (exact) mass is 431 g/mol. The first-order valence-corrected chi connectivity index (χ1v) is 11.6. The smallest absolute Gasteiger partial charge is 0.225 e. The van der Waals surface area contributed by atoms with Gasteiger partial charge < -0.3 is 15.0 Å². The molecule has 0 aliphatic carbocycles. The van der Waals surface area contributed by atoms with E-state index in [1.54, 1.807) is 0 Å². The molecule has 0 unspecified atom stereocenters. The summed E-state index contributed by atoms with van der Waals surface area (Å²) in [5.41, 5.74) is 1.05. The first-order chi connectivity index (χ1) is 14.9. The number of amides is 2. The highest BCUT2D eigenvalue weighted by Crippen LogP contribution is 2.42. The number of carbonyl (C=O) groups is 2. The van der Waals surface area contributed by atoms with E-state index >= 15 is 0 Å². The van der Waals surface area contributed by atoms with Gasteiger partial charge >= 0.3 is 0 Å². The molecule has 7 heteroatoms. The maximum atomic E-state index is 13.3. The standard InChI is InChI=1S/C24H34FN3O3/c1-16(2)26-22(29)11-18-14-28(13-17-5-7-19(25)8-6-17)20-15-31-21(24(18)20)12-23(30)27-9-3-4-10-27/h5-8,16,18,20-21,24H,3-4,9-15H2,1-2H3,(H,26,29)/t18-,20-,21+,24-/m1/s1. The van der Waals surface area contributed by atoms with Crippen LogP contribution in [0.25, 0.3) is 0 Å². The number of likely N-dealkylation sites (tertiary alicyclic amines) is 2. The van der Waals surface area contributed by atoms with Crippen LogP contribution in [0.2, 0.25) is 0 Å². The molecule has 0 aromatic heterocycles. The second kappa shape index (κ2) is 9.65. The van der Waals surface area contributed by atoms with Gasteiger partial charge in [-0.2, -0.15) is 0 Å². The molecule has 170 valence electrons. The summed E-state index contributed by atoms with van der Waals surface area (Å²) in [6.45, 7) is 7.67. The molecule has 1 N–H and O–H groups in total. The quantitative estimate of drug-likeness (QED) is 0.721. The number of rotatable bonds is 7. The molecule has 0 saturated carbocycles. The van der Waals surface area contributed by atoms with E-state index in [-0.39, 0.29) is 47.7 Å². The number of carbonyl (C=O) groups excluding carboxylic acids is 2. The van der Waals surface area contributed by atoms with Gasteiger partial charge in [-0.15, -0.1) is 0 Å². The summed E-state index contributed by atoms with van der Waals surface area (Å²) < 4.78 is 19.5. The van der Waals surface area contributed by atoms with Crippen LogP contribution in [0.15, 0.2) is 24.3 Å². The maximum absolute atomic E-state index is 13.3. The summed E-state index contributed by atoms with van der Waals surface area (Å²) in [5, 5.41) is 3.01. The van der Waals surface area contributed by atoms with E-state index in [1.807, 2.05) is 30.9 Å². The molecule has 6 nitrogen and oxygen atoms in total. The van der Waals surface area contributed by atoms with Gasteiger partial charge in [-0.1, -0.05) is 12.1 Å². The summed E-state index contributed by atoms with van der Waals surface area (Å²) >= 11 is 0. The number of ether oxygens (including phenoxy) is 1. The fraction of sp³-hybridized carbons (Fsp3) is 0.667. The molecular weight excluding hydrogens is 397 g/mol. The summed E-state index contributed by atoms with van der Waals surface area (Å²) in [6, 6.07) is 6.88. The second-order valence-electron chi connectivity index (χ2n) is 9.55. The molecule has 3 aliphatic heterocycles. The number of benzene rings is 1. The molecule has 3 fully saturated rings. The minimum Gasteiger partial charge on any atom is -0.376 e. The number of nitrogens with one attached hydrogen (secondary N) is 1. The van der Waals surface area contributed by atoms with Crippen molar-refractivity contribution in [1.29, 1.82) is 0 Å². The van der Waals surface area contributed by atoms with Gasteiger partial charge in [0, 0.05) is 50.6 Å². The zero-order valence-corrected chi connectivity index (χ0v) is 18.6. The first-order valence-electron chi connectivity index (χ1n) is 11.6. The zero-order chi connectivity index (χ0) is 22.0. The minimum absolute atomic E-state index is 0.0545. The van der Waals surface area contributed by atoms with Gasteiger partial charge in [0.25, 0.3) is 0 Å². The molecule has 1 aromatic carbocycles. The Bertz CT molecular complexity index is 779. The lowest BCUT2D eigenvalue weighted by atomic mass is 9.84. The van der Waals surface area contributed by atoms with Crippen LogP contribution in [-0.4, -0.2) is 66.0 Å². The molecule has 3 saturated heterocycles. The molecule has 4 atom stereocenters. The van der Waals surface area contributed by atoms with Crippen LogP contribution >= 0.6 is 0 Å².